The van der Waals surface area contributed by atoms with Crippen molar-refractivity contribution in [2.45, 2.75) is 24.7 Å². The van der Waals surface area contributed by atoms with Crippen LogP contribution in [0.15, 0.2) is 59.6 Å². The molecular formula is C25H27BrN2O. The average Bonchev–Trinajstić information content (AvgIpc) is 3.10. The maximum atomic E-state index is 5.58. The van der Waals surface area contributed by atoms with Crippen molar-refractivity contribution in [1.29, 1.82) is 0 Å². The van der Waals surface area contributed by atoms with Crippen LogP contribution in [-0.4, -0.2) is 36.6 Å². The van der Waals surface area contributed by atoms with Crippen LogP contribution in [0.25, 0.3) is 10.9 Å². The highest BCUT2D eigenvalue weighted by atomic mass is 79.9. The topological polar surface area (TPSA) is 28.3 Å². The van der Waals surface area contributed by atoms with Crippen molar-refractivity contribution >= 4 is 26.8 Å². The first-order valence-corrected chi connectivity index (χ1v) is 11.2. The van der Waals surface area contributed by atoms with Gasteiger partial charge in [-0.2, -0.15) is 0 Å². The van der Waals surface area contributed by atoms with E-state index in [1.54, 1.807) is 7.11 Å². The van der Waals surface area contributed by atoms with Gasteiger partial charge in [-0.3, -0.25) is 4.90 Å². The predicted octanol–water partition coefficient (Wildman–Crippen LogP) is 5.48. The first kappa shape index (κ1) is 19.0. The average molecular weight is 451 g/mol. The Hall–Kier alpha value is -2.04. The minimum absolute atomic E-state index is 0.145. The molecule has 1 saturated heterocycles. The van der Waals surface area contributed by atoms with Gasteiger partial charge in [0.2, 0.25) is 0 Å². The summed E-state index contributed by atoms with van der Waals surface area (Å²) in [6.45, 7) is 7.16. The maximum Gasteiger partial charge on any atom is 0.119 e. The van der Waals surface area contributed by atoms with E-state index in [1.807, 2.05) is 6.08 Å². The molecule has 29 heavy (non-hydrogen) atoms. The minimum Gasteiger partial charge on any atom is -0.497 e. The molecule has 1 N–H and O–H groups in total. The van der Waals surface area contributed by atoms with Crippen LogP contribution in [0.2, 0.25) is 0 Å². The van der Waals surface area contributed by atoms with Gasteiger partial charge in [-0.15, -0.1) is 6.58 Å². The van der Waals surface area contributed by atoms with Gasteiger partial charge in [0, 0.05) is 39.6 Å². The van der Waals surface area contributed by atoms with Crippen LogP contribution in [0.4, 0.5) is 0 Å². The van der Waals surface area contributed by atoms with E-state index in [-0.39, 0.29) is 5.41 Å². The first-order valence-electron chi connectivity index (χ1n) is 10.4. The largest absolute Gasteiger partial charge is 0.497 e. The molecule has 1 aliphatic carbocycles. The molecular weight excluding hydrogens is 424 g/mol. The lowest BCUT2D eigenvalue weighted by molar-refractivity contribution is 0.0896. The van der Waals surface area contributed by atoms with Gasteiger partial charge < -0.3 is 9.72 Å². The van der Waals surface area contributed by atoms with E-state index < -0.39 is 0 Å². The van der Waals surface area contributed by atoms with Gasteiger partial charge >= 0.3 is 0 Å². The Morgan fingerprint density at radius 2 is 2.17 bits per heavy atom. The van der Waals surface area contributed by atoms with Gasteiger partial charge in [0.15, 0.2) is 0 Å². The third kappa shape index (κ3) is 3.04. The summed E-state index contributed by atoms with van der Waals surface area (Å²) < 4.78 is 6.77. The summed E-state index contributed by atoms with van der Waals surface area (Å²) in [6.07, 6.45) is 5.36. The van der Waals surface area contributed by atoms with Gasteiger partial charge in [0.05, 0.1) is 7.11 Å². The molecule has 2 aromatic carbocycles. The zero-order valence-electron chi connectivity index (χ0n) is 16.9. The van der Waals surface area contributed by atoms with E-state index in [2.05, 4.69) is 74.9 Å². The standard InChI is InChI=1S/C25H27BrN2O/c1-3-11-28-12-10-25(17-6-4-7-19(13-17)29-2)15-23-20(14-18(25)16-28)24-21(26)8-5-9-22(24)27-23/h3-9,13,18,27H,1,10-12,14-16H2,2H3. The molecule has 2 atom stereocenters. The van der Waals surface area contributed by atoms with Crippen LogP contribution in [0, 0.1) is 5.92 Å². The molecule has 2 unspecified atom stereocenters. The van der Waals surface area contributed by atoms with Crippen LogP contribution in [0.3, 0.4) is 0 Å². The zero-order valence-corrected chi connectivity index (χ0v) is 18.5. The lowest BCUT2D eigenvalue weighted by atomic mass is 9.58. The molecule has 0 bridgehead atoms. The lowest BCUT2D eigenvalue weighted by Crippen LogP contribution is -2.53. The highest BCUT2D eigenvalue weighted by Gasteiger charge is 2.48. The highest BCUT2D eigenvalue weighted by molar-refractivity contribution is 9.10. The smallest absolute Gasteiger partial charge is 0.119 e. The Morgan fingerprint density at radius 1 is 1.31 bits per heavy atom. The Kier molecular flexibility index (Phi) is 4.79. The Labute approximate surface area is 180 Å². The molecule has 5 rings (SSSR count). The number of methoxy groups -OCH3 is 1. The normalized spacial score (nSPS) is 24.1. The summed E-state index contributed by atoms with van der Waals surface area (Å²) in [5.74, 6) is 1.52. The number of hydrogen-bond donors (Lipinski definition) is 1. The van der Waals surface area contributed by atoms with Crippen molar-refractivity contribution in [2.75, 3.05) is 26.7 Å². The molecule has 150 valence electrons. The second kappa shape index (κ2) is 7.33. The third-order valence-corrected chi connectivity index (χ3v) is 7.73. The number of H-pyrrole nitrogens is 1. The van der Waals surface area contributed by atoms with Crippen LogP contribution in [0.1, 0.15) is 23.2 Å². The molecule has 0 radical (unpaired) electrons. The van der Waals surface area contributed by atoms with Gasteiger partial charge in [-0.1, -0.05) is 40.2 Å². The number of nitrogens with one attached hydrogen (secondary N) is 1. The molecule has 0 spiro atoms. The van der Waals surface area contributed by atoms with E-state index >= 15 is 0 Å². The molecule has 1 aliphatic heterocycles. The quantitative estimate of drug-likeness (QED) is 0.532. The molecule has 3 nitrogen and oxygen atoms in total. The van der Waals surface area contributed by atoms with E-state index in [0.717, 1.165) is 44.6 Å². The number of benzene rings is 2. The Balaban J connectivity index is 1.65. The molecule has 0 saturated carbocycles. The van der Waals surface area contributed by atoms with Crippen molar-refractivity contribution in [3.63, 3.8) is 0 Å². The second-order valence-corrected chi connectivity index (χ2v) is 9.36. The summed E-state index contributed by atoms with van der Waals surface area (Å²) in [5.41, 5.74) is 5.71. The number of likely N-dealkylation sites (tertiary alicyclic amines) is 1. The second-order valence-electron chi connectivity index (χ2n) is 8.51. The molecule has 4 heteroatoms. The van der Waals surface area contributed by atoms with Gasteiger partial charge in [0.25, 0.3) is 0 Å². The molecule has 2 heterocycles. The first-order chi connectivity index (χ1) is 14.1. The van der Waals surface area contributed by atoms with E-state index in [0.29, 0.717) is 5.92 Å². The monoisotopic (exact) mass is 450 g/mol. The van der Waals surface area contributed by atoms with Crippen LogP contribution < -0.4 is 4.74 Å². The summed E-state index contributed by atoms with van der Waals surface area (Å²) in [6, 6.07) is 15.2. The Bertz CT molecular complexity index is 1070. The van der Waals surface area contributed by atoms with Crippen LogP contribution in [-0.2, 0) is 18.3 Å². The summed E-state index contributed by atoms with van der Waals surface area (Å²) in [7, 11) is 1.76. The van der Waals surface area contributed by atoms with Gasteiger partial charge in [-0.05, 0) is 67.1 Å². The summed E-state index contributed by atoms with van der Waals surface area (Å²) in [4.78, 5) is 6.32. The number of halogens is 1. The highest BCUT2D eigenvalue weighted by Crippen LogP contribution is 2.50. The van der Waals surface area contributed by atoms with Crippen molar-refractivity contribution < 1.29 is 4.74 Å². The summed E-state index contributed by atoms with van der Waals surface area (Å²) >= 11 is 3.80. The fraction of sp³-hybridized carbons (Fsp3) is 0.360. The molecule has 0 amide bonds. The fourth-order valence-corrected chi connectivity index (χ4v) is 6.26. The Morgan fingerprint density at radius 3 is 3.00 bits per heavy atom. The third-order valence-electron chi connectivity index (χ3n) is 7.07. The molecule has 1 fully saturated rings. The number of fused-ring (bicyclic) bond motifs is 4. The zero-order chi connectivity index (χ0) is 20.0. The molecule has 2 aliphatic rings. The van der Waals surface area contributed by atoms with Crippen molar-refractivity contribution in [1.82, 2.24) is 9.88 Å². The SMILES string of the molecule is C=CCN1CCC2(c3cccc(OC)c3)Cc3[nH]c4cccc(Br)c4c3CC2C1. The van der Waals surface area contributed by atoms with Crippen LogP contribution in [0.5, 0.6) is 5.75 Å². The number of ether oxygens (including phenoxy) is 1. The summed E-state index contributed by atoms with van der Waals surface area (Å²) in [5, 5.41) is 1.36. The van der Waals surface area contributed by atoms with Crippen molar-refractivity contribution in [2.24, 2.45) is 5.92 Å². The lowest BCUT2D eigenvalue weighted by Gasteiger charge is -2.51. The number of aromatic amines is 1. The number of aromatic nitrogens is 1. The number of piperidine rings is 1. The van der Waals surface area contributed by atoms with E-state index in [1.165, 1.54) is 32.2 Å². The molecule has 1 aromatic heterocycles. The number of nitrogens with zero attached hydrogens (tertiary/aromatic N) is 1. The fourth-order valence-electron chi connectivity index (χ4n) is 5.66. The van der Waals surface area contributed by atoms with Gasteiger partial charge in [0.1, 0.15) is 5.75 Å². The van der Waals surface area contributed by atoms with Crippen molar-refractivity contribution in [3.05, 3.63) is 76.4 Å². The number of rotatable bonds is 4. The molecule has 3 aromatic rings. The van der Waals surface area contributed by atoms with E-state index in [9.17, 15) is 0 Å². The van der Waals surface area contributed by atoms with Crippen molar-refractivity contribution in [3.8, 4) is 5.75 Å². The van der Waals surface area contributed by atoms with Crippen LogP contribution >= 0.6 is 15.9 Å². The minimum atomic E-state index is 0.145. The number of hydrogen-bond acceptors (Lipinski definition) is 2. The predicted molar refractivity (Wildman–Crippen MR) is 123 cm³/mol. The van der Waals surface area contributed by atoms with E-state index in [4.69, 9.17) is 4.74 Å². The maximum absolute atomic E-state index is 5.58. The van der Waals surface area contributed by atoms with Gasteiger partial charge in [-0.25, -0.2) is 0 Å².